The number of aromatic nitrogens is 3. The lowest BCUT2D eigenvalue weighted by Crippen LogP contribution is -2.40. The first-order chi connectivity index (χ1) is 13.7. The van der Waals surface area contributed by atoms with Gasteiger partial charge >= 0.3 is 6.18 Å². The number of aromatic amines is 1. The summed E-state index contributed by atoms with van der Waals surface area (Å²) in [6.45, 7) is 4.77. The number of rotatable bonds is 3. The van der Waals surface area contributed by atoms with Crippen LogP contribution in [0.4, 0.5) is 13.2 Å². The molecule has 4 rings (SSSR count). The van der Waals surface area contributed by atoms with E-state index in [1.54, 1.807) is 17.9 Å². The summed E-state index contributed by atoms with van der Waals surface area (Å²) >= 11 is 0. The Kier molecular flexibility index (Phi) is 4.84. The molecule has 6 nitrogen and oxygen atoms in total. The average molecular weight is 406 g/mol. The maximum Gasteiger partial charge on any atom is 0.433 e. The number of halogens is 3. The molecule has 9 heteroatoms. The zero-order valence-corrected chi connectivity index (χ0v) is 16.1. The minimum atomic E-state index is -4.47. The van der Waals surface area contributed by atoms with E-state index in [-0.39, 0.29) is 23.8 Å². The van der Waals surface area contributed by atoms with Crippen molar-refractivity contribution in [1.82, 2.24) is 20.0 Å². The molecular formula is C20H21F3N4O2. The highest BCUT2D eigenvalue weighted by molar-refractivity contribution is 5.80. The summed E-state index contributed by atoms with van der Waals surface area (Å²) < 4.78 is 43.8. The number of piperidine rings is 1. The summed E-state index contributed by atoms with van der Waals surface area (Å²) in [5, 5.41) is 3.89. The number of nitrogens with one attached hydrogen (secondary N) is 1. The second kappa shape index (κ2) is 7.20. The molecule has 0 saturated carbocycles. The van der Waals surface area contributed by atoms with Crippen LogP contribution in [0.15, 0.2) is 22.7 Å². The smallest absolute Gasteiger partial charge is 0.361 e. The molecule has 1 aliphatic rings. The number of carbonyl (C=O) groups excluding carboxylic acids is 1. The van der Waals surface area contributed by atoms with Gasteiger partial charge in [0.05, 0.1) is 23.1 Å². The summed E-state index contributed by atoms with van der Waals surface area (Å²) in [5.74, 6) is 0.671. The third-order valence-electron chi connectivity index (χ3n) is 5.51. The van der Waals surface area contributed by atoms with E-state index in [2.05, 4.69) is 15.1 Å². The largest absolute Gasteiger partial charge is 0.433 e. The Hall–Kier alpha value is -2.84. The third-order valence-corrected chi connectivity index (χ3v) is 5.51. The van der Waals surface area contributed by atoms with E-state index in [1.807, 2.05) is 6.92 Å². The Morgan fingerprint density at radius 3 is 2.83 bits per heavy atom. The summed E-state index contributed by atoms with van der Waals surface area (Å²) in [5.41, 5.74) is 2.27. The van der Waals surface area contributed by atoms with E-state index >= 15 is 0 Å². The van der Waals surface area contributed by atoms with Gasteiger partial charge in [0.1, 0.15) is 11.5 Å². The molecule has 3 aromatic rings. The molecule has 0 spiro atoms. The van der Waals surface area contributed by atoms with Gasteiger partial charge in [0.25, 0.3) is 0 Å². The van der Waals surface area contributed by atoms with Crippen LogP contribution >= 0.6 is 0 Å². The first kappa shape index (κ1) is 19.5. The van der Waals surface area contributed by atoms with E-state index in [0.717, 1.165) is 30.2 Å². The maximum absolute atomic E-state index is 12.9. The van der Waals surface area contributed by atoms with Gasteiger partial charge in [-0.3, -0.25) is 4.79 Å². The molecule has 3 aromatic heterocycles. The fourth-order valence-corrected chi connectivity index (χ4v) is 3.88. The van der Waals surface area contributed by atoms with Crippen molar-refractivity contribution in [1.29, 1.82) is 0 Å². The van der Waals surface area contributed by atoms with Crippen molar-refractivity contribution in [3.05, 3.63) is 46.6 Å². The predicted octanol–water partition coefficient (Wildman–Crippen LogP) is 4.14. The van der Waals surface area contributed by atoms with Crippen molar-refractivity contribution in [3.8, 4) is 0 Å². The quantitative estimate of drug-likeness (QED) is 0.710. The molecule has 0 radical (unpaired) electrons. The highest BCUT2D eigenvalue weighted by Crippen LogP contribution is 2.32. The second-order valence-corrected chi connectivity index (χ2v) is 7.51. The third kappa shape index (κ3) is 3.86. The number of fused-ring (bicyclic) bond motifs is 1. The van der Waals surface area contributed by atoms with E-state index in [9.17, 15) is 18.0 Å². The molecule has 1 aliphatic heterocycles. The minimum Gasteiger partial charge on any atom is -0.361 e. The predicted molar refractivity (Wildman–Crippen MR) is 99.3 cm³/mol. The molecule has 154 valence electrons. The van der Waals surface area contributed by atoms with Crippen molar-refractivity contribution in [2.75, 3.05) is 13.1 Å². The van der Waals surface area contributed by atoms with Gasteiger partial charge in [-0.2, -0.15) is 13.2 Å². The van der Waals surface area contributed by atoms with Crippen molar-refractivity contribution in [2.45, 2.75) is 45.2 Å². The normalized spacial score (nSPS) is 17.8. The molecule has 0 bridgehead atoms. The Morgan fingerprint density at radius 2 is 2.14 bits per heavy atom. The highest BCUT2D eigenvalue weighted by Gasteiger charge is 2.33. The van der Waals surface area contributed by atoms with Crippen molar-refractivity contribution in [2.24, 2.45) is 0 Å². The number of pyridine rings is 1. The zero-order chi connectivity index (χ0) is 20.8. The summed E-state index contributed by atoms with van der Waals surface area (Å²) in [7, 11) is 0. The Balaban J connectivity index is 1.51. The van der Waals surface area contributed by atoms with Gasteiger partial charge in [0, 0.05) is 30.3 Å². The summed E-state index contributed by atoms with van der Waals surface area (Å²) in [6, 6.07) is 4.04. The van der Waals surface area contributed by atoms with Crippen LogP contribution in [-0.4, -0.2) is 39.0 Å². The zero-order valence-electron chi connectivity index (χ0n) is 16.1. The average Bonchev–Trinajstić information content (AvgIpc) is 3.25. The van der Waals surface area contributed by atoms with Crippen LogP contribution in [0.1, 0.15) is 47.2 Å². The number of hydrogen-bond acceptors (Lipinski definition) is 4. The molecule has 0 unspecified atom stereocenters. The standard InChI is InChI=1S/C20H21F3N4O2/c1-11-14(12(2)29-26-11)8-19(28)27-7-3-4-13(10-27)16-9-17-15(24-16)5-6-18(25-17)20(21,22)23/h5-6,9,13,24H,3-4,7-8,10H2,1-2H3/t13-/m1/s1. The molecule has 29 heavy (non-hydrogen) atoms. The number of H-pyrrole nitrogens is 1. The first-order valence-electron chi connectivity index (χ1n) is 9.48. The Labute approximate surface area is 165 Å². The number of aryl methyl sites for hydroxylation is 2. The van der Waals surface area contributed by atoms with E-state index in [1.165, 1.54) is 6.07 Å². The maximum atomic E-state index is 12.9. The molecule has 1 atom stereocenters. The number of amides is 1. The molecule has 1 amide bonds. The molecule has 1 N–H and O–H groups in total. The fraction of sp³-hybridized carbons (Fsp3) is 0.450. The monoisotopic (exact) mass is 406 g/mol. The van der Waals surface area contributed by atoms with Crippen LogP contribution in [-0.2, 0) is 17.4 Å². The number of nitrogens with zero attached hydrogens (tertiary/aromatic N) is 3. The van der Waals surface area contributed by atoms with Gasteiger partial charge < -0.3 is 14.4 Å². The number of likely N-dealkylation sites (tertiary alicyclic amines) is 1. The lowest BCUT2D eigenvalue weighted by Gasteiger charge is -2.32. The van der Waals surface area contributed by atoms with Crippen LogP contribution in [0, 0.1) is 13.8 Å². The van der Waals surface area contributed by atoms with Gasteiger partial charge in [-0.25, -0.2) is 4.98 Å². The second-order valence-electron chi connectivity index (χ2n) is 7.51. The van der Waals surface area contributed by atoms with Gasteiger partial charge in [-0.1, -0.05) is 5.16 Å². The highest BCUT2D eigenvalue weighted by atomic mass is 19.4. The lowest BCUT2D eigenvalue weighted by atomic mass is 9.94. The van der Waals surface area contributed by atoms with Crippen molar-refractivity contribution in [3.63, 3.8) is 0 Å². The molecular weight excluding hydrogens is 385 g/mol. The molecule has 0 aliphatic carbocycles. The van der Waals surface area contributed by atoms with E-state index in [4.69, 9.17) is 4.52 Å². The SMILES string of the molecule is Cc1noc(C)c1CC(=O)N1CCC[C@@H](c2cc3nc(C(F)(F)F)ccc3[nH]2)C1. The number of carbonyl (C=O) groups is 1. The number of alkyl halides is 3. The molecule has 4 heterocycles. The van der Waals surface area contributed by atoms with Gasteiger partial charge in [-0.15, -0.1) is 0 Å². The first-order valence-corrected chi connectivity index (χ1v) is 9.48. The van der Waals surface area contributed by atoms with Crippen molar-refractivity contribution >= 4 is 16.9 Å². The van der Waals surface area contributed by atoms with Crippen LogP contribution < -0.4 is 0 Å². The lowest BCUT2D eigenvalue weighted by molar-refractivity contribution is -0.141. The van der Waals surface area contributed by atoms with Crippen molar-refractivity contribution < 1.29 is 22.5 Å². The van der Waals surface area contributed by atoms with Crippen LogP contribution in [0.2, 0.25) is 0 Å². The fourth-order valence-electron chi connectivity index (χ4n) is 3.88. The summed E-state index contributed by atoms with van der Waals surface area (Å²) in [6.07, 6.45) is -2.56. The van der Waals surface area contributed by atoms with Crippen LogP contribution in [0.25, 0.3) is 11.0 Å². The molecule has 1 fully saturated rings. The van der Waals surface area contributed by atoms with Gasteiger partial charge in [-0.05, 0) is 44.9 Å². The van der Waals surface area contributed by atoms with Gasteiger partial charge in [0.15, 0.2) is 0 Å². The molecule has 1 saturated heterocycles. The summed E-state index contributed by atoms with van der Waals surface area (Å²) in [4.78, 5) is 21.5. The Bertz CT molecular complexity index is 1030. The van der Waals surface area contributed by atoms with E-state index in [0.29, 0.717) is 30.1 Å². The molecule has 0 aromatic carbocycles. The minimum absolute atomic E-state index is 0.00214. The topological polar surface area (TPSA) is 75.0 Å². The van der Waals surface area contributed by atoms with E-state index < -0.39 is 11.9 Å². The number of hydrogen-bond donors (Lipinski definition) is 1. The van der Waals surface area contributed by atoms with Gasteiger partial charge in [0.2, 0.25) is 5.91 Å². The Morgan fingerprint density at radius 1 is 1.34 bits per heavy atom. The van der Waals surface area contributed by atoms with Crippen LogP contribution in [0.5, 0.6) is 0 Å². The van der Waals surface area contributed by atoms with Crippen LogP contribution in [0.3, 0.4) is 0 Å².